The van der Waals surface area contributed by atoms with Gasteiger partial charge in [0.15, 0.2) is 12.2 Å². The maximum absolute atomic E-state index is 9.77. The Bertz CT molecular complexity index is 634. The Balaban J connectivity index is 0.000000294. The van der Waals surface area contributed by atoms with Gasteiger partial charge < -0.3 is 31.9 Å². The van der Waals surface area contributed by atoms with Crippen molar-refractivity contribution in [2.24, 2.45) is 11.5 Å². The van der Waals surface area contributed by atoms with E-state index >= 15 is 0 Å². The molecule has 4 atom stereocenters. The fourth-order valence-corrected chi connectivity index (χ4v) is 2.04. The zero-order valence-electron chi connectivity index (χ0n) is 13.8. The van der Waals surface area contributed by atoms with E-state index in [0.29, 0.717) is 0 Å². The molecule has 2 rings (SSSR count). The summed E-state index contributed by atoms with van der Waals surface area (Å²) >= 11 is 0. The van der Waals surface area contributed by atoms with Gasteiger partial charge in [-0.2, -0.15) is 0 Å². The van der Waals surface area contributed by atoms with E-state index in [4.69, 9.17) is 31.9 Å². The van der Waals surface area contributed by atoms with Gasteiger partial charge in [-0.15, -0.1) is 0 Å². The first-order chi connectivity index (χ1) is 12.3. The van der Waals surface area contributed by atoms with Crippen molar-refractivity contribution < 1.29 is 30.0 Å². The van der Waals surface area contributed by atoms with E-state index in [2.05, 4.69) is 0 Å². The van der Waals surface area contributed by atoms with Crippen molar-refractivity contribution in [3.05, 3.63) is 71.8 Å². The Morgan fingerprint density at radius 3 is 1.15 bits per heavy atom. The quantitative estimate of drug-likeness (QED) is 0.425. The molecule has 0 saturated heterocycles. The average Bonchev–Trinajstić information content (AvgIpc) is 2.67. The Labute approximate surface area is 150 Å². The van der Waals surface area contributed by atoms with Gasteiger partial charge in [0.1, 0.15) is 0 Å². The highest BCUT2D eigenvalue weighted by molar-refractivity contribution is 5.83. The minimum absolute atomic E-state index is 0.163. The molecule has 0 aliphatic heterocycles. The standard InChI is InChI=1S/C14H16N2.C4H6O6/c15-13(11-7-3-1-4-8-11)14(16)12-9-5-2-6-10-12;5-1(3(7)8)2(6)4(9)10/h1-10,13-14H,15-16H2;1-2,5-6H,(H,7,8)(H,9,10)/t;1-,2-/m.0/s1. The molecule has 26 heavy (non-hydrogen) atoms. The van der Waals surface area contributed by atoms with E-state index in [9.17, 15) is 9.59 Å². The van der Waals surface area contributed by atoms with Gasteiger partial charge in [0.2, 0.25) is 0 Å². The molecule has 0 aliphatic rings. The van der Waals surface area contributed by atoms with Crippen molar-refractivity contribution in [1.29, 1.82) is 0 Å². The Hall–Kier alpha value is -2.78. The number of rotatable bonds is 6. The van der Waals surface area contributed by atoms with Crippen molar-refractivity contribution in [3.8, 4) is 0 Å². The maximum atomic E-state index is 9.77. The molecule has 0 fully saturated rings. The van der Waals surface area contributed by atoms with Crippen LogP contribution in [0.25, 0.3) is 0 Å². The third-order valence-corrected chi connectivity index (χ3v) is 3.56. The maximum Gasteiger partial charge on any atom is 0.335 e. The minimum Gasteiger partial charge on any atom is -0.479 e. The summed E-state index contributed by atoms with van der Waals surface area (Å²) in [4.78, 5) is 19.5. The number of carboxylic acid groups (broad SMARTS) is 2. The van der Waals surface area contributed by atoms with Gasteiger partial charge in [0.25, 0.3) is 0 Å². The molecule has 8 nitrogen and oxygen atoms in total. The van der Waals surface area contributed by atoms with Crippen molar-refractivity contribution in [1.82, 2.24) is 0 Å². The Morgan fingerprint density at radius 2 is 0.923 bits per heavy atom. The van der Waals surface area contributed by atoms with Crippen LogP contribution in [-0.2, 0) is 9.59 Å². The van der Waals surface area contributed by atoms with Gasteiger partial charge in [-0.25, -0.2) is 9.59 Å². The van der Waals surface area contributed by atoms with Gasteiger partial charge in [-0.3, -0.25) is 0 Å². The first-order valence-electron chi connectivity index (χ1n) is 7.68. The van der Waals surface area contributed by atoms with Crippen LogP contribution >= 0.6 is 0 Å². The van der Waals surface area contributed by atoms with Crippen LogP contribution in [0.4, 0.5) is 0 Å². The highest BCUT2D eigenvalue weighted by Gasteiger charge is 2.29. The summed E-state index contributed by atoms with van der Waals surface area (Å²) in [6.45, 7) is 0. The molecule has 0 saturated carbocycles. The lowest BCUT2D eigenvalue weighted by Gasteiger charge is -2.20. The SMILES string of the molecule is NC(c1ccccc1)C(N)c1ccccc1.O=C(O)[C@@H](O)[C@H](O)C(=O)O. The Kier molecular flexibility index (Phi) is 8.40. The summed E-state index contributed by atoms with van der Waals surface area (Å²) in [5, 5.41) is 32.5. The van der Waals surface area contributed by atoms with Crippen LogP contribution in [0.15, 0.2) is 60.7 Å². The summed E-state index contributed by atoms with van der Waals surface area (Å²) in [5.74, 6) is -3.54. The molecule has 0 bridgehead atoms. The second-order valence-corrected chi connectivity index (χ2v) is 5.44. The predicted molar refractivity (Wildman–Crippen MR) is 94.0 cm³/mol. The number of hydrogen-bond donors (Lipinski definition) is 6. The van der Waals surface area contributed by atoms with Crippen molar-refractivity contribution in [2.45, 2.75) is 24.3 Å². The normalized spacial score (nSPS) is 14.9. The van der Waals surface area contributed by atoms with Crippen LogP contribution in [0, 0.1) is 0 Å². The van der Waals surface area contributed by atoms with Crippen LogP contribution in [0.5, 0.6) is 0 Å². The van der Waals surface area contributed by atoms with E-state index < -0.39 is 24.1 Å². The fourth-order valence-electron chi connectivity index (χ4n) is 2.04. The molecule has 0 heterocycles. The van der Waals surface area contributed by atoms with E-state index in [1.165, 1.54) is 0 Å². The molecule has 8 N–H and O–H groups in total. The average molecular weight is 362 g/mol. The van der Waals surface area contributed by atoms with Crippen LogP contribution < -0.4 is 11.5 Å². The van der Waals surface area contributed by atoms with Gasteiger partial charge in [0, 0.05) is 12.1 Å². The van der Waals surface area contributed by atoms with E-state index in [-0.39, 0.29) is 12.1 Å². The van der Waals surface area contributed by atoms with E-state index in [0.717, 1.165) is 11.1 Å². The molecule has 0 aromatic heterocycles. The van der Waals surface area contributed by atoms with Gasteiger partial charge in [-0.05, 0) is 11.1 Å². The first kappa shape index (κ1) is 21.3. The van der Waals surface area contributed by atoms with Crippen LogP contribution in [0.1, 0.15) is 23.2 Å². The second kappa shape index (κ2) is 10.3. The zero-order chi connectivity index (χ0) is 19.7. The highest BCUT2D eigenvalue weighted by Crippen LogP contribution is 2.23. The number of aliphatic hydroxyl groups is 2. The largest absolute Gasteiger partial charge is 0.479 e. The Morgan fingerprint density at radius 1 is 0.654 bits per heavy atom. The van der Waals surface area contributed by atoms with Crippen molar-refractivity contribution in [3.63, 3.8) is 0 Å². The molecule has 0 spiro atoms. The van der Waals surface area contributed by atoms with E-state index in [1.54, 1.807) is 0 Å². The first-order valence-corrected chi connectivity index (χ1v) is 7.68. The third kappa shape index (κ3) is 6.26. The number of nitrogens with two attached hydrogens (primary N) is 2. The highest BCUT2D eigenvalue weighted by atomic mass is 16.4. The lowest BCUT2D eigenvalue weighted by molar-refractivity contribution is -0.165. The molecule has 2 aromatic carbocycles. The number of aliphatic carboxylic acids is 2. The topological polar surface area (TPSA) is 167 Å². The van der Waals surface area contributed by atoms with Crippen molar-refractivity contribution in [2.75, 3.05) is 0 Å². The van der Waals surface area contributed by atoms with Gasteiger partial charge in [0.05, 0.1) is 0 Å². The van der Waals surface area contributed by atoms with E-state index in [1.807, 2.05) is 60.7 Å². The van der Waals surface area contributed by atoms with Crippen LogP contribution in [0.3, 0.4) is 0 Å². The number of aliphatic hydroxyl groups excluding tert-OH is 2. The third-order valence-electron chi connectivity index (χ3n) is 3.56. The lowest BCUT2D eigenvalue weighted by atomic mass is 9.95. The molecule has 140 valence electrons. The monoisotopic (exact) mass is 362 g/mol. The van der Waals surface area contributed by atoms with Crippen LogP contribution in [-0.4, -0.2) is 44.6 Å². The summed E-state index contributed by atoms with van der Waals surface area (Å²) in [6, 6.07) is 19.6. The number of benzene rings is 2. The molecule has 8 heteroatoms. The smallest absolute Gasteiger partial charge is 0.335 e. The number of hydrogen-bond acceptors (Lipinski definition) is 6. The van der Waals surface area contributed by atoms with Crippen molar-refractivity contribution >= 4 is 11.9 Å². The summed E-state index contributed by atoms with van der Waals surface area (Å²) in [7, 11) is 0. The molecular weight excluding hydrogens is 340 g/mol. The molecule has 2 aromatic rings. The van der Waals surface area contributed by atoms with Crippen LogP contribution in [0.2, 0.25) is 0 Å². The molecule has 2 unspecified atom stereocenters. The second-order valence-electron chi connectivity index (χ2n) is 5.44. The van der Waals surface area contributed by atoms with Gasteiger partial charge in [-0.1, -0.05) is 60.7 Å². The fraction of sp³-hybridized carbons (Fsp3) is 0.222. The lowest BCUT2D eigenvalue weighted by Crippen LogP contribution is -2.39. The zero-order valence-corrected chi connectivity index (χ0v) is 13.8. The van der Waals surface area contributed by atoms with Gasteiger partial charge >= 0.3 is 11.9 Å². The summed E-state index contributed by atoms with van der Waals surface area (Å²) in [6.07, 6.45) is -4.53. The predicted octanol–water partition coefficient (Wildman–Crippen LogP) is 0.264. The molecule has 0 amide bonds. The minimum atomic E-state index is -2.27. The summed E-state index contributed by atoms with van der Waals surface area (Å²) < 4.78 is 0. The number of carbonyl (C=O) groups is 2. The molecular formula is C18H22N2O6. The molecule has 0 radical (unpaired) electrons. The number of carboxylic acids is 2. The summed E-state index contributed by atoms with van der Waals surface area (Å²) in [5.41, 5.74) is 14.4. The molecule has 0 aliphatic carbocycles.